The highest BCUT2D eigenvalue weighted by Crippen LogP contribution is 2.16. The number of benzene rings is 2. The van der Waals surface area contributed by atoms with Gasteiger partial charge in [0.2, 0.25) is 0 Å². The largest absolute Gasteiger partial charge is 0.332 e. The molecule has 0 fully saturated rings. The number of thiocarbonyl (C=S) groups is 1. The Morgan fingerprint density at radius 2 is 1.80 bits per heavy atom. The molecule has 2 N–H and O–H groups in total. The molecule has 4 heteroatoms. The van der Waals surface area contributed by atoms with Crippen LogP contribution in [0.3, 0.4) is 0 Å². The summed E-state index contributed by atoms with van der Waals surface area (Å²) in [4.78, 5) is 0. The van der Waals surface area contributed by atoms with Crippen molar-refractivity contribution in [2.45, 2.75) is 20.3 Å². The molecule has 0 aliphatic heterocycles. The van der Waals surface area contributed by atoms with E-state index in [1.807, 2.05) is 37.3 Å². The predicted molar refractivity (Wildman–Crippen MR) is 86.8 cm³/mol. The Hall–Kier alpha value is -1.94. The quantitative estimate of drug-likeness (QED) is 0.813. The van der Waals surface area contributed by atoms with E-state index < -0.39 is 0 Å². The predicted octanol–water partition coefficient (Wildman–Crippen LogP) is 4.51. The van der Waals surface area contributed by atoms with Crippen molar-refractivity contribution in [2.75, 3.05) is 10.6 Å². The Bertz CT molecular complexity index is 608. The topological polar surface area (TPSA) is 24.1 Å². The SMILES string of the molecule is CCc1ccc(NC(=S)Nc2ccc(C)cc2F)cc1. The first-order chi connectivity index (χ1) is 9.58. The van der Waals surface area contributed by atoms with Gasteiger partial charge in [-0.15, -0.1) is 0 Å². The van der Waals surface area contributed by atoms with Crippen LogP contribution in [0.4, 0.5) is 15.8 Å². The normalized spacial score (nSPS) is 10.2. The minimum absolute atomic E-state index is 0.310. The lowest BCUT2D eigenvalue weighted by Crippen LogP contribution is -2.19. The van der Waals surface area contributed by atoms with Crippen molar-refractivity contribution < 1.29 is 4.39 Å². The Labute approximate surface area is 124 Å². The smallest absolute Gasteiger partial charge is 0.175 e. The van der Waals surface area contributed by atoms with Crippen molar-refractivity contribution in [3.8, 4) is 0 Å². The third-order valence-corrected chi connectivity index (χ3v) is 3.20. The second kappa shape index (κ2) is 6.48. The van der Waals surface area contributed by atoms with Crippen LogP contribution in [0.25, 0.3) is 0 Å². The number of anilines is 2. The number of nitrogens with one attached hydrogen (secondary N) is 2. The minimum atomic E-state index is -0.310. The number of rotatable bonds is 3. The summed E-state index contributed by atoms with van der Waals surface area (Å²) in [5, 5.41) is 6.27. The van der Waals surface area contributed by atoms with E-state index >= 15 is 0 Å². The monoisotopic (exact) mass is 288 g/mol. The van der Waals surface area contributed by atoms with E-state index in [0.717, 1.165) is 17.7 Å². The van der Waals surface area contributed by atoms with Crippen LogP contribution < -0.4 is 10.6 Å². The molecule has 0 bridgehead atoms. The van der Waals surface area contributed by atoms with E-state index in [2.05, 4.69) is 17.6 Å². The van der Waals surface area contributed by atoms with Crippen LogP contribution in [-0.2, 0) is 6.42 Å². The molecule has 0 atom stereocenters. The second-order valence-corrected chi connectivity index (χ2v) is 5.02. The first kappa shape index (κ1) is 14.5. The van der Waals surface area contributed by atoms with Crippen LogP contribution in [-0.4, -0.2) is 5.11 Å². The summed E-state index contributed by atoms with van der Waals surface area (Å²) in [6, 6.07) is 13.0. The molecule has 0 aliphatic carbocycles. The van der Waals surface area contributed by atoms with Crippen molar-refractivity contribution >= 4 is 28.7 Å². The van der Waals surface area contributed by atoms with Gasteiger partial charge < -0.3 is 10.6 Å². The molecule has 2 aromatic carbocycles. The zero-order chi connectivity index (χ0) is 14.5. The highest BCUT2D eigenvalue weighted by molar-refractivity contribution is 7.80. The number of aryl methyl sites for hydroxylation is 2. The average molecular weight is 288 g/mol. The zero-order valence-electron chi connectivity index (χ0n) is 11.5. The second-order valence-electron chi connectivity index (χ2n) is 4.61. The number of hydrogen-bond acceptors (Lipinski definition) is 1. The molecule has 0 radical (unpaired) electrons. The Kier molecular flexibility index (Phi) is 4.69. The minimum Gasteiger partial charge on any atom is -0.332 e. The maximum atomic E-state index is 13.7. The van der Waals surface area contributed by atoms with Gasteiger partial charge in [0.25, 0.3) is 0 Å². The maximum Gasteiger partial charge on any atom is 0.175 e. The summed E-state index contributed by atoms with van der Waals surface area (Å²) >= 11 is 5.18. The van der Waals surface area contributed by atoms with Gasteiger partial charge in [-0.2, -0.15) is 0 Å². The first-order valence-corrected chi connectivity index (χ1v) is 6.92. The van der Waals surface area contributed by atoms with Crippen LogP contribution in [0.1, 0.15) is 18.1 Å². The summed E-state index contributed by atoms with van der Waals surface area (Å²) in [6.45, 7) is 3.95. The van der Waals surface area contributed by atoms with Crippen molar-refractivity contribution in [1.29, 1.82) is 0 Å². The van der Waals surface area contributed by atoms with Gasteiger partial charge >= 0.3 is 0 Å². The molecule has 2 aromatic rings. The number of hydrogen-bond donors (Lipinski definition) is 2. The van der Waals surface area contributed by atoms with E-state index in [4.69, 9.17) is 12.2 Å². The van der Waals surface area contributed by atoms with Gasteiger partial charge in [0.05, 0.1) is 5.69 Å². The highest BCUT2D eigenvalue weighted by atomic mass is 32.1. The summed E-state index contributed by atoms with van der Waals surface area (Å²) in [5.74, 6) is -0.310. The molecule has 0 aliphatic rings. The summed E-state index contributed by atoms with van der Waals surface area (Å²) < 4.78 is 13.7. The van der Waals surface area contributed by atoms with Crippen LogP contribution >= 0.6 is 12.2 Å². The van der Waals surface area contributed by atoms with Crippen molar-refractivity contribution in [1.82, 2.24) is 0 Å². The molecule has 0 amide bonds. The molecule has 0 unspecified atom stereocenters. The molecular formula is C16H17FN2S. The van der Waals surface area contributed by atoms with Crippen LogP contribution in [0.15, 0.2) is 42.5 Å². The molecule has 0 saturated carbocycles. The molecular weight excluding hydrogens is 271 g/mol. The Morgan fingerprint density at radius 3 is 2.40 bits per heavy atom. The summed E-state index contributed by atoms with van der Waals surface area (Å²) in [5.41, 5.74) is 3.39. The molecule has 104 valence electrons. The van der Waals surface area contributed by atoms with Gasteiger partial charge in [-0.05, 0) is 61.0 Å². The molecule has 0 aromatic heterocycles. The van der Waals surface area contributed by atoms with E-state index in [0.29, 0.717) is 10.8 Å². The van der Waals surface area contributed by atoms with Crippen LogP contribution in [0.5, 0.6) is 0 Å². The molecule has 2 nitrogen and oxygen atoms in total. The summed E-state index contributed by atoms with van der Waals surface area (Å²) in [6.07, 6.45) is 0.998. The van der Waals surface area contributed by atoms with Crippen molar-refractivity contribution in [3.63, 3.8) is 0 Å². The molecule has 0 heterocycles. The average Bonchev–Trinajstić information content (AvgIpc) is 2.43. The van der Waals surface area contributed by atoms with Crippen LogP contribution in [0, 0.1) is 12.7 Å². The standard InChI is InChI=1S/C16H17FN2S/c1-3-12-5-7-13(8-6-12)18-16(20)19-15-9-4-11(2)10-14(15)17/h4-10H,3H2,1-2H3,(H2,18,19,20). The van der Waals surface area contributed by atoms with E-state index in [1.54, 1.807) is 6.07 Å². The van der Waals surface area contributed by atoms with Gasteiger partial charge in [0.1, 0.15) is 5.82 Å². The first-order valence-electron chi connectivity index (χ1n) is 6.51. The Morgan fingerprint density at radius 1 is 1.10 bits per heavy atom. The fourth-order valence-corrected chi connectivity index (χ4v) is 2.06. The fourth-order valence-electron chi connectivity index (χ4n) is 1.83. The molecule has 0 saturated heterocycles. The van der Waals surface area contributed by atoms with E-state index in [-0.39, 0.29) is 5.82 Å². The van der Waals surface area contributed by atoms with Gasteiger partial charge in [-0.3, -0.25) is 0 Å². The Balaban J connectivity index is 2.01. The van der Waals surface area contributed by atoms with Gasteiger partial charge in [-0.25, -0.2) is 4.39 Å². The van der Waals surface area contributed by atoms with Gasteiger partial charge in [0, 0.05) is 5.69 Å². The van der Waals surface area contributed by atoms with Crippen molar-refractivity contribution in [2.24, 2.45) is 0 Å². The van der Waals surface area contributed by atoms with Gasteiger partial charge in [-0.1, -0.05) is 25.1 Å². The zero-order valence-corrected chi connectivity index (χ0v) is 12.4. The lowest BCUT2D eigenvalue weighted by atomic mass is 10.1. The lowest BCUT2D eigenvalue weighted by Gasteiger charge is -2.12. The lowest BCUT2D eigenvalue weighted by molar-refractivity contribution is 0.631. The highest BCUT2D eigenvalue weighted by Gasteiger charge is 2.04. The maximum absolute atomic E-state index is 13.7. The van der Waals surface area contributed by atoms with Gasteiger partial charge in [0.15, 0.2) is 5.11 Å². The van der Waals surface area contributed by atoms with Crippen LogP contribution in [0.2, 0.25) is 0 Å². The fraction of sp³-hybridized carbons (Fsp3) is 0.188. The van der Waals surface area contributed by atoms with E-state index in [9.17, 15) is 4.39 Å². The third-order valence-electron chi connectivity index (χ3n) is 2.99. The summed E-state index contributed by atoms with van der Waals surface area (Å²) in [7, 11) is 0. The molecule has 0 spiro atoms. The number of halogens is 1. The van der Waals surface area contributed by atoms with Crippen molar-refractivity contribution in [3.05, 3.63) is 59.4 Å². The molecule has 20 heavy (non-hydrogen) atoms. The third kappa shape index (κ3) is 3.78. The van der Waals surface area contributed by atoms with E-state index in [1.165, 1.54) is 11.6 Å². The molecule has 2 rings (SSSR count).